The fourth-order valence-electron chi connectivity index (χ4n) is 1.97. The molecule has 1 saturated heterocycles. The number of morpholine rings is 1. The number of aliphatic imine (C=N–C) groups is 1. The van der Waals surface area contributed by atoms with Gasteiger partial charge in [-0.25, -0.2) is 0 Å². The molecule has 0 aliphatic carbocycles. The summed E-state index contributed by atoms with van der Waals surface area (Å²) in [7, 11) is 1.80. The summed E-state index contributed by atoms with van der Waals surface area (Å²) in [5, 5.41) is 6.57. The molecule has 0 aromatic carbocycles. The highest BCUT2D eigenvalue weighted by atomic mass is 127. The Hall–Kier alpha value is -0.0800. The summed E-state index contributed by atoms with van der Waals surface area (Å²) in [6.07, 6.45) is 0. The third-order valence-corrected chi connectivity index (χ3v) is 3.12. The van der Waals surface area contributed by atoms with Gasteiger partial charge in [-0.15, -0.1) is 24.0 Å². The van der Waals surface area contributed by atoms with E-state index in [4.69, 9.17) is 4.74 Å². The van der Waals surface area contributed by atoms with Crippen LogP contribution in [-0.2, 0) is 4.74 Å². The molecule has 1 aliphatic rings. The van der Waals surface area contributed by atoms with Gasteiger partial charge in [0.1, 0.15) is 0 Å². The highest BCUT2D eigenvalue weighted by Gasteiger charge is 2.28. The zero-order chi connectivity index (χ0) is 12.7. The van der Waals surface area contributed by atoms with Crippen LogP contribution in [-0.4, -0.2) is 62.8 Å². The van der Waals surface area contributed by atoms with Crippen LogP contribution in [0.4, 0.5) is 0 Å². The number of nitrogens with one attached hydrogen (secondary N) is 2. The molecule has 0 atom stereocenters. The summed E-state index contributed by atoms with van der Waals surface area (Å²) in [6, 6.07) is 0. The maximum absolute atomic E-state index is 5.38. The van der Waals surface area contributed by atoms with Gasteiger partial charge in [-0.2, -0.15) is 0 Å². The quantitative estimate of drug-likeness (QED) is 0.439. The SMILES string of the molecule is CCNC(=NC)NCC(C)(C)N1CCOCC1.I. The van der Waals surface area contributed by atoms with Crippen molar-refractivity contribution in [2.75, 3.05) is 46.4 Å². The molecule has 2 N–H and O–H groups in total. The number of rotatable bonds is 4. The monoisotopic (exact) mass is 370 g/mol. The second kappa shape index (κ2) is 8.92. The average molecular weight is 370 g/mol. The van der Waals surface area contributed by atoms with Gasteiger partial charge >= 0.3 is 0 Å². The second-order valence-electron chi connectivity index (χ2n) is 4.87. The van der Waals surface area contributed by atoms with E-state index >= 15 is 0 Å². The molecule has 5 nitrogen and oxygen atoms in total. The van der Waals surface area contributed by atoms with Crippen LogP contribution in [0.15, 0.2) is 4.99 Å². The third kappa shape index (κ3) is 5.71. The van der Waals surface area contributed by atoms with Gasteiger partial charge in [0.25, 0.3) is 0 Å². The van der Waals surface area contributed by atoms with E-state index in [0.717, 1.165) is 45.4 Å². The van der Waals surface area contributed by atoms with Crippen molar-refractivity contribution in [3.8, 4) is 0 Å². The average Bonchev–Trinajstić information content (AvgIpc) is 2.35. The summed E-state index contributed by atoms with van der Waals surface area (Å²) in [5.74, 6) is 0.869. The largest absolute Gasteiger partial charge is 0.379 e. The first-order valence-corrected chi connectivity index (χ1v) is 6.37. The molecule has 18 heavy (non-hydrogen) atoms. The Labute approximate surface area is 128 Å². The Kier molecular flexibility index (Phi) is 8.89. The fourth-order valence-corrected chi connectivity index (χ4v) is 1.97. The van der Waals surface area contributed by atoms with Gasteiger partial charge in [0, 0.05) is 38.8 Å². The molecule has 1 aliphatic heterocycles. The van der Waals surface area contributed by atoms with E-state index in [-0.39, 0.29) is 29.5 Å². The molecule has 1 rings (SSSR count). The maximum Gasteiger partial charge on any atom is 0.191 e. The van der Waals surface area contributed by atoms with E-state index in [2.05, 4.69) is 41.3 Å². The molecule has 108 valence electrons. The lowest BCUT2D eigenvalue weighted by molar-refractivity contribution is -0.00833. The fraction of sp³-hybridized carbons (Fsp3) is 0.917. The summed E-state index contributed by atoms with van der Waals surface area (Å²) >= 11 is 0. The molecule has 0 unspecified atom stereocenters. The number of hydrogen-bond acceptors (Lipinski definition) is 3. The lowest BCUT2D eigenvalue weighted by atomic mass is 10.0. The summed E-state index contributed by atoms with van der Waals surface area (Å²) in [4.78, 5) is 6.64. The highest BCUT2D eigenvalue weighted by Crippen LogP contribution is 2.14. The van der Waals surface area contributed by atoms with Crippen molar-refractivity contribution in [1.82, 2.24) is 15.5 Å². The number of ether oxygens (including phenoxy) is 1. The Morgan fingerprint density at radius 2 is 1.89 bits per heavy atom. The number of halogens is 1. The summed E-state index contributed by atoms with van der Waals surface area (Å²) in [6.45, 7) is 12.0. The first-order valence-electron chi connectivity index (χ1n) is 6.37. The van der Waals surface area contributed by atoms with Crippen molar-refractivity contribution < 1.29 is 4.74 Å². The summed E-state index contributed by atoms with van der Waals surface area (Å²) < 4.78 is 5.38. The molecule has 1 heterocycles. The van der Waals surface area contributed by atoms with Crippen molar-refractivity contribution in [3.63, 3.8) is 0 Å². The van der Waals surface area contributed by atoms with Crippen LogP contribution in [0, 0.1) is 0 Å². The molecule has 0 aromatic rings. The molecule has 0 amide bonds. The molecule has 0 radical (unpaired) electrons. The minimum Gasteiger partial charge on any atom is -0.379 e. The number of nitrogens with zero attached hydrogens (tertiary/aromatic N) is 2. The predicted octanol–water partition coefficient (Wildman–Crippen LogP) is 0.900. The van der Waals surface area contributed by atoms with Gasteiger partial charge in [-0.3, -0.25) is 9.89 Å². The van der Waals surface area contributed by atoms with Gasteiger partial charge in [-0.1, -0.05) is 0 Å². The minimum absolute atomic E-state index is 0. The van der Waals surface area contributed by atoms with Crippen LogP contribution in [0.25, 0.3) is 0 Å². The van der Waals surface area contributed by atoms with Crippen molar-refractivity contribution in [2.45, 2.75) is 26.3 Å². The van der Waals surface area contributed by atoms with Crippen molar-refractivity contribution in [2.24, 2.45) is 4.99 Å². The molecule has 1 fully saturated rings. The molecule has 0 saturated carbocycles. The smallest absolute Gasteiger partial charge is 0.191 e. The van der Waals surface area contributed by atoms with Gasteiger partial charge < -0.3 is 15.4 Å². The Morgan fingerprint density at radius 1 is 1.28 bits per heavy atom. The van der Waals surface area contributed by atoms with Crippen LogP contribution >= 0.6 is 24.0 Å². The number of guanidine groups is 1. The van der Waals surface area contributed by atoms with Gasteiger partial charge in [0.15, 0.2) is 5.96 Å². The number of hydrogen-bond donors (Lipinski definition) is 2. The van der Waals surface area contributed by atoms with E-state index < -0.39 is 0 Å². The van der Waals surface area contributed by atoms with Gasteiger partial charge in [-0.05, 0) is 20.8 Å². The summed E-state index contributed by atoms with van der Waals surface area (Å²) in [5.41, 5.74) is 0.120. The first kappa shape index (κ1) is 17.9. The molecule has 0 spiro atoms. The van der Waals surface area contributed by atoms with E-state index in [9.17, 15) is 0 Å². The van der Waals surface area contributed by atoms with Crippen molar-refractivity contribution in [1.29, 1.82) is 0 Å². The molecule has 6 heteroatoms. The normalized spacial score (nSPS) is 18.1. The Bertz CT molecular complexity index is 252. The lowest BCUT2D eigenvalue weighted by Gasteiger charge is -2.41. The predicted molar refractivity (Wildman–Crippen MR) is 86.9 cm³/mol. The lowest BCUT2D eigenvalue weighted by Crippen LogP contribution is -2.56. The first-order chi connectivity index (χ1) is 8.10. The van der Waals surface area contributed by atoms with Crippen LogP contribution in [0.5, 0.6) is 0 Å². The Morgan fingerprint density at radius 3 is 2.39 bits per heavy atom. The minimum atomic E-state index is 0. The molecular formula is C12H27IN4O. The third-order valence-electron chi connectivity index (χ3n) is 3.12. The second-order valence-corrected chi connectivity index (χ2v) is 4.87. The van der Waals surface area contributed by atoms with E-state index in [0.29, 0.717) is 0 Å². The molecular weight excluding hydrogens is 343 g/mol. The van der Waals surface area contributed by atoms with Crippen LogP contribution < -0.4 is 10.6 Å². The van der Waals surface area contributed by atoms with Gasteiger partial charge in [0.2, 0.25) is 0 Å². The Balaban J connectivity index is 0.00000289. The zero-order valence-corrected chi connectivity index (χ0v) is 14.3. The van der Waals surface area contributed by atoms with E-state index in [1.807, 2.05) is 0 Å². The standard InChI is InChI=1S/C12H26N4O.HI/c1-5-14-11(13-4)15-10-12(2,3)16-6-8-17-9-7-16;/h5-10H2,1-4H3,(H2,13,14,15);1H. The molecule has 0 aromatic heterocycles. The van der Waals surface area contributed by atoms with Crippen LogP contribution in [0.1, 0.15) is 20.8 Å². The highest BCUT2D eigenvalue weighted by molar-refractivity contribution is 14.0. The van der Waals surface area contributed by atoms with E-state index in [1.54, 1.807) is 7.05 Å². The topological polar surface area (TPSA) is 48.9 Å². The maximum atomic E-state index is 5.38. The van der Waals surface area contributed by atoms with Gasteiger partial charge in [0.05, 0.1) is 13.2 Å². The van der Waals surface area contributed by atoms with Crippen molar-refractivity contribution >= 4 is 29.9 Å². The molecule has 0 bridgehead atoms. The van der Waals surface area contributed by atoms with Crippen molar-refractivity contribution in [3.05, 3.63) is 0 Å². The zero-order valence-electron chi connectivity index (χ0n) is 12.0. The van der Waals surface area contributed by atoms with Crippen LogP contribution in [0.3, 0.4) is 0 Å². The van der Waals surface area contributed by atoms with E-state index in [1.165, 1.54) is 0 Å². The van der Waals surface area contributed by atoms with Crippen LogP contribution in [0.2, 0.25) is 0 Å².